The molecule has 0 spiro atoms. The summed E-state index contributed by atoms with van der Waals surface area (Å²) in [6.07, 6.45) is 4.07. The molecule has 180 valence electrons. The van der Waals surface area contributed by atoms with Crippen LogP contribution < -0.4 is 4.72 Å². The van der Waals surface area contributed by atoms with E-state index >= 15 is 0 Å². The highest BCUT2D eigenvalue weighted by atomic mass is 79.9. The molecule has 0 saturated carbocycles. The molecule has 3 atom stereocenters. The summed E-state index contributed by atoms with van der Waals surface area (Å²) in [5.74, 6) is 0.323. The molecule has 8 nitrogen and oxygen atoms in total. The zero-order valence-electron chi connectivity index (χ0n) is 18.7. The number of benzene rings is 1. The summed E-state index contributed by atoms with van der Waals surface area (Å²) in [7, 11) is -4.10. The Bertz CT molecular complexity index is 1050. The van der Waals surface area contributed by atoms with Crippen molar-refractivity contribution in [3.05, 3.63) is 33.8 Å². The molecule has 2 saturated heterocycles. The summed E-state index contributed by atoms with van der Waals surface area (Å²) in [5.41, 5.74) is 2.69. The van der Waals surface area contributed by atoms with Gasteiger partial charge in [-0.15, -0.1) is 0 Å². The SMILES string of the molecule is CN(C)S(=O)(=O)NCCCS(=O)(=O)N1CCC[C@@H]2CN3CCc4cc(Br)ccc4[C@@H]3C[C@@H]21. The van der Waals surface area contributed by atoms with Gasteiger partial charge in [-0.3, -0.25) is 4.90 Å². The molecule has 4 rings (SSSR count). The molecule has 32 heavy (non-hydrogen) atoms. The zero-order chi connectivity index (χ0) is 23.1. The van der Waals surface area contributed by atoms with E-state index in [4.69, 9.17) is 0 Å². The standard InChI is InChI=1S/C21H33BrN4O4S2/c1-24(2)32(29,30)23-9-4-12-31(27,28)26-10-3-5-17-15-25-11-8-16-13-18(22)6-7-19(16)21(25)14-20(17)26/h6-7,13,17,20-21,23H,3-5,8-12,14-15H2,1-2H3/t17-,20+,21+/m1/s1. The monoisotopic (exact) mass is 548 g/mol. The third-order valence-electron chi connectivity index (χ3n) is 7.08. The molecule has 0 unspecified atom stereocenters. The summed E-state index contributed by atoms with van der Waals surface area (Å²) < 4.78 is 56.6. The van der Waals surface area contributed by atoms with Crippen molar-refractivity contribution in [1.29, 1.82) is 0 Å². The number of nitrogens with zero attached hydrogens (tertiary/aromatic N) is 3. The lowest BCUT2D eigenvalue weighted by molar-refractivity contribution is 0.0220. The lowest BCUT2D eigenvalue weighted by Gasteiger charge is -2.51. The highest BCUT2D eigenvalue weighted by molar-refractivity contribution is 9.10. The first-order chi connectivity index (χ1) is 15.1. The van der Waals surface area contributed by atoms with E-state index in [0.29, 0.717) is 12.5 Å². The predicted molar refractivity (Wildman–Crippen MR) is 129 cm³/mol. The Morgan fingerprint density at radius 1 is 1.19 bits per heavy atom. The van der Waals surface area contributed by atoms with Crippen LogP contribution >= 0.6 is 15.9 Å². The van der Waals surface area contributed by atoms with Gasteiger partial charge in [0.15, 0.2) is 0 Å². The number of piperidine rings is 2. The largest absolute Gasteiger partial charge is 0.296 e. The van der Waals surface area contributed by atoms with Crippen LogP contribution in [0.4, 0.5) is 0 Å². The van der Waals surface area contributed by atoms with Crippen LogP contribution in [0, 0.1) is 5.92 Å². The first-order valence-electron chi connectivity index (χ1n) is 11.3. The second-order valence-electron chi connectivity index (χ2n) is 9.27. The summed E-state index contributed by atoms with van der Waals surface area (Å²) in [6, 6.07) is 6.75. The predicted octanol–water partition coefficient (Wildman–Crippen LogP) is 1.95. The fourth-order valence-corrected chi connectivity index (χ4v) is 8.32. The van der Waals surface area contributed by atoms with Crippen LogP contribution in [0.1, 0.15) is 42.9 Å². The van der Waals surface area contributed by atoms with E-state index < -0.39 is 20.2 Å². The van der Waals surface area contributed by atoms with Crippen molar-refractivity contribution >= 4 is 36.2 Å². The van der Waals surface area contributed by atoms with Crippen LogP contribution in [0.2, 0.25) is 0 Å². The van der Waals surface area contributed by atoms with E-state index in [-0.39, 0.29) is 30.8 Å². The molecular formula is C21H33BrN4O4S2. The minimum Gasteiger partial charge on any atom is -0.296 e. The molecule has 1 aromatic carbocycles. The molecule has 1 N–H and O–H groups in total. The number of hydrogen-bond acceptors (Lipinski definition) is 5. The maximum atomic E-state index is 13.3. The van der Waals surface area contributed by atoms with E-state index in [1.165, 1.54) is 25.2 Å². The zero-order valence-corrected chi connectivity index (χ0v) is 21.9. The van der Waals surface area contributed by atoms with Gasteiger partial charge >= 0.3 is 0 Å². The first-order valence-corrected chi connectivity index (χ1v) is 15.1. The number of halogens is 1. The number of sulfonamides is 1. The van der Waals surface area contributed by atoms with Crippen molar-refractivity contribution in [3.8, 4) is 0 Å². The molecular weight excluding hydrogens is 516 g/mol. The van der Waals surface area contributed by atoms with Gasteiger partial charge in [0.1, 0.15) is 0 Å². The summed E-state index contributed by atoms with van der Waals surface area (Å²) >= 11 is 3.57. The van der Waals surface area contributed by atoms with E-state index in [1.807, 2.05) is 0 Å². The lowest BCUT2D eigenvalue weighted by Crippen LogP contribution is -2.57. The summed E-state index contributed by atoms with van der Waals surface area (Å²) in [4.78, 5) is 2.55. The van der Waals surface area contributed by atoms with Gasteiger partial charge in [0, 0.05) is 56.8 Å². The second kappa shape index (κ2) is 9.59. The van der Waals surface area contributed by atoms with Gasteiger partial charge < -0.3 is 0 Å². The van der Waals surface area contributed by atoms with E-state index in [2.05, 4.69) is 43.8 Å². The average molecular weight is 550 g/mol. The molecule has 1 aromatic rings. The third-order valence-corrected chi connectivity index (χ3v) is 11.1. The van der Waals surface area contributed by atoms with Gasteiger partial charge in [0.05, 0.1) is 5.75 Å². The Balaban J connectivity index is 1.45. The molecule has 3 aliphatic rings. The summed E-state index contributed by atoms with van der Waals surface area (Å²) in [6.45, 7) is 2.64. The summed E-state index contributed by atoms with van der Waals surface area (Å²) in [5, 5.41) is 0. The molecule has 3 heterocycles. The van der Waals surface area contributed by atoms with Crippen LogP contribution in [0.3, 0.4) is 0 Å². The van der Waals surface area contributed by atoms with Crippen molar-refractivity contribution in [1.82, 2.24) is 18.2 Å². The van der Waals surface area contributed by atoms with Crippen molar-refractivity contribution < 1.29 is 16.8 Å². The highest BCUT2D eigenvalue weighted by Gasteiger charge is 2.45. The van der Waals surface area contributed by atoms with Crippen LogP contribution in [0.25, 0.3) is 0 Å². The lowest BCUT2D eigenvalue weighted by atomic mass is 9.77. The van der Waals surface area contributed by atoms with Crippen LogP contribution in [0.5, 0.6) is 0 Å². The molecule has 2 fully saturated rings. The minimum atomic E-state index is -3.54. The van der Waals surface area contributed by atoms with E-state index in [9.17, 15) is 16.8 Å². The Kier molecular flexibility index (Phi) is 7.36. The number of fused-ring (bicyclic) bond motifs is 4. The van der Waals surface area contributed by atoms with Gasteiger partial charge in [-0.05, 0) is 61.3 Å². The van der Waals surface area contributed by atoms with E-state index in [0.717, 1.165) is 47.6 Å². The molecule has 0 bridgehead atoms. The molecule has 11 heteroatoms. The smallest absolute Gasteiger partial charge is 0.278 e. The normalized spacial score (nSPS) is 27.1. The number of hydrogen-bond donors (Lipinski definition) is 1. The van der Waals surface area contributed by atoms with Crippen molar-refractivity contribution in [2.45, 2.75) is 44.2 Å². The van der Waals surface area contributed by atoms with Crippen molar-refractivity contribution in [2.24, 2.45) is 5.92 Å². The maximum absolute atomic E-state index is 13.3. The van der Waals surface area contributed by atoms with Gasteiger partial charge in [-0.25, -0.2) is 13.1 Å². The maximum Gasteiger partial charge on any atom is 0.278 e. The van der Waals surface area contributed by atoms with Crippen LogP contribution in [-0.2, 0) is 26.7 Å². The minimum absolute atomic E-state index is 0.0167. The van der Waals surface area contributed by atoms with Crippen LogP contribution in [-0.4, -0.2) is 82.4 Å². The second-order valence-corrected chi connectivity index (χ2v) is 14.2. The average Bonchev–Trinajstić information content (AvgIpc) is 2.74. The Morgan fingerprint density at radius 3 is 2.72 bits per heavy atom. The Hall–Kier alpha value is -0.560. The molecule has 0 aliphatic carbocycles. The van der Waals surface area contributed by atoms with Crippen molar-refractivity contribution in [3.63, 3.8) is 0 Å². The Morgan fingerprint density at radius 2 is 1.97 bits per heavy atom. The number of rotatable bonds is 7. The topological polar surface area (TPSA) is 90.0 Å². The quantitative estimate of drug-likeness (QED) is 0.526. The number of nitrogens with one attached hydrogen (secondary N) is 1. The van der Waals surface area contributed by atoms with E-state index in [1.54, 1.807) is 4.31 Å². The molecule has 0 radical (unpaired) electrons. The highest BCUT2D eigenvalue weighted by Crippen LogP contribution is 2.44. The van der Waals surface area contributed by atoms with Gasteiger partial charge in [0.2, 0.25) is 10.0 Å². The molecule has 0 amide bonds. The van der Waals surface area contributed by atoms with Crippen molar-refractivity contribution in [2.75, 3.05) is 46.0 Å². The first kappa shape index (κ1) is 24.6. The van der Waals surface area contributed by atoms with Gasteiger partial charge in [-0.1, -0.05) is 22.0 Å². The fraction of sp³-hybridized carbons (Fsp3) is 0.714. The van der Waals surface area contributed by atoms with Gasteiger partial charge in [0.25, 0.3) is 10.2 Å². The Labute approximate surface area is 200 Å². The molecule has 0 aromatic heterocycles. The molecule has 3 aliphatic heterocycles. The van der Waals surface area contributed by atoms with Crippen LogP contribution in [0.15, 0.2) is 22.7 Å². The fourth-order valence-electron chi connectivity index (χ4n) is 5.43. The third kappa shape index (κ3) is 5.08. The van der Waals surface area contributed by atoms with Gasteiger partial charge in [-0.2, -0.15) is 17.0 Å².